The average molecular weight is 339 g/mol. The normalized spacial score (nSPS) is 16.1. The van der Waals surface area contributed by atoms with Gasteiger partial charge in [0.25, 0.3) is 0 Å². The Labute approximate surface area is 115 Å². The van der Waals surface area contributed by atoms with Gasteiger partial charge in [-0.05, 0) is 36.5 Å². The number of benzene rings is 1. The smallest absolute Gasteiger partial charge is 0.215 e. The van der Waals surface area contributed by atoms with Crippen molar-refractivity contribution in [2.24, 2.45) is 5.92 Å². The first-order valence-electron chi connectivity index (χ1n) is 5.37. The minimum absolute atomic E-state index is 0.0164. The maximum absolute atomic E-state index is 11.8. The van der Waals surface area contributed by atoms with Crippen molar-refractivity contribution in [3.63, 3.8) is 0 Å². The van der Waals surface area contributed by atoms with Crippen LogP contribution in [0.3, 0.4) is 0 Å². The lowest BCUT2D eigenvalue weighted by Crippen LogP contribution is -2.27. The number of hydrogen-bond donors (Lipinski definition) is 1. The zero-order chi connectivity index (χ0) is 12.5. The van der Waals surface area contributed by atoms with Crippen molar-refractivity contribution >= 4 is 37.6 Å². The summed E-state index contributed by atoms with van der Waals surface area (Å²) in [5, 5.41) is 0.587. The van der Waals surface area contributed by atoms with E-state index in [-0.39, 0.29) is 5.75 Å². The van der Waals surface area contributed by atoms with Crippen molar-refractivity contribution in [2.45, 2.75) is 18.6 Å². The summed E-state index contributed by atoms with van der Waals surface area (Å²) in [6.07, 6.45) is 2.26. The maximum atomic E-state index is 11.8. The lowest BCUT2D eigenvalue weighted by molar-refractivity contribution is 0.576. The molecule has 1 aromatic carbocycles. The van der Waals surface area contributed by atoms with Crippen LogP contribution in [-0.2, 0) is 15.8 Å². The minimum atomic E-state index is -3.25. The number of halogens is 2. The molecule has 0 radical (unpaired) electrons. The summed E-state index contributed by atoms with van der Waals surface area (Å²) in [4.78, 5) is 0. The molecule has 1 fully saturated rings. The quantitative estimate of drug-likeness (QED) is 0.897. The molecule has 0 amide bonds. The Kier molecular flexibility index (Phi) is 4.13. The third-order valence-electron chi connectivity index (χ3n) is 2.65. The lowest BCUT2D eigenvalue weighted by atomic mass is 10.2. The molecule has 17 heavy (non-hydrogen) atoms. The molecule has 0 bridgehead atoms. The summed E-state index contributed by atoms with van der Waals surface area (Å²) in [5.41, 5.74) is 0.720. The van der Waals surface area contributed by atoms with Crippen molar-refractivity contribution < 1.29 is 8.42 Å². The van der Waals surface area contributed by atoms with Gasteiger partial charge in [0.1, 0.15) is 0 Å². The molecule has 94 valence electrons. The highest BCUT2D eigenvalue weighted by atomic mass is 79.9. The Morgan fingerprint density at radius 3 is 2.71 bits per heavy atom. The lowest BCUT2D eigenvalue weighted by Gasteiger charge is -2.08. The third-order valence-corrected chi connectivity index (χ3v) is 4.92. The highest BCUT2D eigenvalue weighted by Gasteiger charge is 2.23. The summed E-state index contributed by atoms with van der Waals surface area (Å²) in [5.74, 6) is 0.524. The van der Waals surface area contributed by atoms with Gasteiger partial charge in [0.2, 0.25) is 10.0 Å². The Morgan fingerprint density at radius 2 is 2.12 bits per heavy atom. The van der Waals surface area contributed by atoms with Gasteiger partial charge >= 0.3 is 0 Å². The Morgan fingerprint density at radius 1 is 1.41 bits per heavy atom. The molecule has 0 spiro atoms. The molecule has 0 saturated heterocycles. The summed E-state index contributed by atoms with van der Waals surface area (Å²) < 4.78 is 27.0. The van der Waals surface area contributed by atoms with Crippen molar-refractivity contribution in [1.82, 2.24) is 4.72 Å². The van der Waals surface area contributed by atoms with Crippen LogP contribution < -0.4 is 4.72 Å². The second kappa shape index (κ2) is 5.26. The first-order chi connectivity index (χ1) is 7.96. The molecular weight excluding hydrogens is 326 g/mol. The molecule has 1 aromatic rings. The molecule has 1 N–H and O–H groups in total. The zero-order valence-electron chi connectivity index (χ0n) is 9.12. The molecule has 0 aliphatic heterocycles. The molecule has 0 atom stereocenters. The van der Waals surface area contributed by atoms with Crippen molar-refractivity contribution in [3.05, 3.63) is 33.3 Å². The number of hydrogen-bond acceptors (Lipinski definition) is 2. The van der Waals surface area contributed by atoms with Crippen LogP contribution in [0.1, 0.15) is 18.4 Å². The van der Waals surface area contributed by atoms with Gasteiger partial charge in [-0.2, -0.15) is 0 Å². The van der Waals surface area contributed by atoms with E-state index < -0.39 is 10.0 Å². The summed E-state index contributed by atoms with van der Waals surface area (Å²) in [6.45, 7) is 0.563. The maximum Gasteiger partial charge on any atom is 0.215 e. The van der Waals surface area contributed by atoms with Gasteiger partial charge in [0.15, 0.2) is 0 Å². The van der Waals surface area contributed by atoms with Gasteiger partial charge in [0, 0.05) is 16.0 Å². The molecule has 2 rings (SSSR count). The van der Waals surface area contributed by atoms with E-state index in [0.29, 0.717) is 17.5 Å². The fourth-order valence-electron chi connectivity index (χ4n) is 1.46. The fourth-order valence-corrected chi connectivity index (χ4v) is 3.72. The number of sulfonamides is 1. The van der Waals surface area contributed by atoms with E-state index in [1.54, 1.807) is 18.2 Å². The van der Waals surface area contributed by atoms with Gasteiger partial charge in [0.05, 0.1) is 5.75 Å². The first-order valence-corrected chi connectivity index (χ1v) is 8.20. The molecule has 0 aromatic heterocycles. The molecule has 3 nitrogen and oxygen atoms in total. The van der Waals surface area contributed by atoms with Gasteiger partial charge in [-0.25, -0.2) is 13.1 Å². The van der Waals surface area contributed by atoms with Crippen LogP contribution in [0.2, 0.25) is 5.02 Å². The molecule has 0 heterocycles. The Balaban J connectivity index is 2.02. The molecule has 1 saturated carbocycles. The van der Waals surface area contributed by atoms with E-state index in [2.05, 4.69) is 20.7 Å². The van der Waals surface area contributed by atoms with Gasteiger partial charge in [-0.15, -0.1) is 0 Å². The van der Waals surface area contributed by atoms with Crippen molar-refractivity contribution in [1.29, 1.82) is 0 Å². The molecule has 6 heteroatoms. The average Bonchev–Trinajstić information content (AvgIpc) is 3.03. The SMILES string of the molecule is O=S(=O)(Cc1ccc(Cl)cc1Br)NCC1CC1. The Bertz CT molecular complexity index is 514. The summed E-state index contributed by atoms with van der Waals surface area (Å²) in [6, 6.07) is 5.12. The number of nitrogens with one attached hydrogen (secondary N) is 1. The first kappa shape index (κ1) is 13.3. The van der Waals surface area contributed by atoms with Crippen LogP contribution in [0.25, 0.3) is 0 Å². The van der Waals surface area contributed by atoms with Gasteiger partial charge in [-0.1, -0.05) is 33.6 Å². The van der Waals surface area contributed by atoms with E-state index in [1.165, 1.54) is 0 Å². The monoisotopic (exact) mass is 337 g/mol. The van der Waals surface area contributed by atoms with Crippen LogP contribution in [0.15, 0.2) is 22.7 Å². The molecule has 0 unspecified atom stereocenters. The fraction of sp³-hybridized carbons (Fsp3) is 0.455. The van der Waals surface area contributed by atoms with E-state index >= 15 is 0 Å². The van der Waals surface area contributed by atoms with Crippen LogP contribution in [-0.4, -0.2) is 15.0 Å². The highest BCUT2D eigenvalue weighted by Crippen LogP contribution is 2.28. The second-order valence-electron chi connectivity index (χ2n) is 4.29. The predicted octanol–water partition coefficient (Wildman–Crippen LogP) is 2.93. The van der Waals surface area contributed by atoms with Crippen LogP contribution >= 0.6 is 27.5 Å². The number of rotatable bonds is 5. The molecule has 1 aliphatic carbocycles. The van der Waals surface area contributed by atoms with E-state index in [0.717, 1.165) is 22.9 Å². The molecule has 1 aliphatic rings. The molecular formula is C11H13BrClNO2S. The topological polar surface area (TPSA) is 46.2 Å². The zero-order valence-corrected chi connectivity index (χ0v) is 12.3. The van der Waals surface area contributed by atoms with E-state index in [1.807, 2.05) is 0 Å². The summed E-state index contributed by atoms with van der Waals surface area (Å²) in [7, 11) is -3.25. The Hall–Kier alpha value is -0.100. The van der Waals surface area contributed by atoms with Crippen LogP contribution in [0, 0.1) is 5.92 Å². The predicted molar refractivity (Wildman–Crippen MR) is 72.5 cm³/mol. The minimum Gasteiger partial charge on any atom is -0.215 e. The third kappa shape index (κ3) is 4.25. The van der Waals surface area contributed by atoms with Crippen LogP contribution in [0.5, 0.6) is 0 Å². The van der Waals surface area contributed by atoms with E-state index in [9.17, 15) is 8.42 Å². The van der Waals surface area contributed by atoms with E-state index in [4.69, 9.17) is 11.6 Å². The second-order valence-corrected chi connectivity index (χ2v) is 7.38. The van der Waals surface area contributed by atoms with Crippen LogP contribution in [0.4, 0.5) is 0 Å². The van der Waals surface area contributed by atoms with Gasteiger partial charge in [-0.3, -0.25) is 0 Å². The highest BCUT2D eigenvalue weighted by molar-refractivity contribution is 9.10. The van der Waals surface area contributed by atoms with Crippen molar-refractivity contribution in [3.8, 4) is 0 Å². The van der Waals surface area contributed by atoms with Gasteiger partial charge < -0.3 is 0 Å². The standard InChI is InChI=1S/C11H13BrClNO2S/c12-11-5-10(13)4-3-9(11)7-17(15,16)14-6-8-1-2-8/h3-5,8,14H,1-2,6-7H2. The van der Waals surface area contributed by atoms with Crippen molar-refractivity contribution in [2.75, 3.05) is 6.54 Å². The largest absolute Gasteiger partial charge is 0.215 e. The summed E-state index contributed by atoms with van der Waals surface area (Å²) >= 11 is 9.12.